The second kappa shape index (κ2) is 9.92. The van der Waals surface area contributed by atoms with Gasteiger partial charge in [-0.3, -0.25) is 0 Å². The molecule has 0 amide bonds. The molecule has 168 valence electrons. The quantitative estimate of drug-likeness (QED) is 0.307. The fourth-order valence-corrected chi connectivity index (χ4v) is 3.66. The van der Waals surface area contributed by atoms with Gasteiger partial charge < -0.3 is 14.2 Å². The molecular formula is C27H24ClNO4. The van der Waals surface area contributed by atoms with Crippen molar-refractivity contribution in [2.75, 3.05) is 6.61 Å². The molecule has 0 fully saturated rings. The minimum atomic E-state index is -0.514. The number of ether oxygens (including phenoxy) is 3. The fourth-order valence-electron chi connectivity index (χ4n) is 3.38. The minimum absolute atomic E-state index is 0.193. The van der Waals surface area contributed by atoms with Crippen molar-refractivity contribution >= 4 is 29.5 Å². The first-order chi connectivity index (χ1) is 15.9. The first kappa shape index (κ1) is 22.6. The summed E-state index contributed by atoms with van der Waals surface area (Å²) in [6.07, 6.45) is 1.63. The van der Waals surface area contributed by atoms with E-state index in [1.54, 1.807) is 18.2 Å². The third-order valence-corrected chi connectivity index (χ3v) is 5.31. The predicted molar refractivity (Wildman–Crippen MR) is 130 cm³/mol. The van der Waals surface area contributed by atoms with Crippen LogP contribution in [0.4, 0.5) is 0 Å². The molecule has 0 bridgehead atoms. The number of carbonyl (C=O) groups excluding carboxylic acids is 1. The van der Waals surface area contributed by atoms with Gasteiger partial charge in [-0.15, -0.1) is 0 Å². The molecule has 0 N–H and O–H groups in total. The fraction of sp³-hybridized carbons (Fsp3) is 0.185. The molecule has 0 spiro atoms. The summed E-state index contributed by atoms with van der Waals surface area (Å²) in [5.74, 6) is 0.724. The molecule has 4 rings (SSSR count). The van der Waals surface area contributed by atoms with E-state index < -0.39 is 5.97 Å². The Balaban J connectivity index is 1.61. The summed E-state index contributed by atoms with van der Waals surface area (Å²) >= 11 is 6.54. The van der Waals surface area contributed by atoms with E-state index in [-0.39, 0.29) is 11.6 Å². The van der Waals surface area contributed by atoms with Gasteiger partial charge >= 0.3 is 5.97 Å². The van der Waals surface area contributed by atoms with Crippen molar-refractivity contribution in [3.05, 3.63) is 99.2 Å². The maximum absolute atomic E-state index is 12.4. The number of halogens is 1. The smallest absolute Gasteiger partial charge is 0.363 e. The lowest BCUT2D eigenvalue weighted by Crippen LogP contribution is -2.05. The van der Waals surface area contributed by atoms with E-state index in [2.05, 4.69) is 4.99 Å². The Morgan fingerprint density at radius 1 is 1.00 bits per heavy atom. The first-order valence-corrected chi connectivity index (χ1v) is 11.0. The summed E-state index contributed by atoms with van der Waals surface area (Å²) in [4.78, 5) is 16.8. The van der Waals surface area contributed by atoms with Crippen LogP contribution in [0.1, 0.15) is 34.7 Å². The predicted octanol–water partition coefficient (Wildman–Crippen LogP) is 6.28. The van der Waals surface area contributed by atoms with E-state index in [0.29, 0.717) is 35.3 Å². The summed E-state index contributed by atoms with van der Waals surface area (Å²) < 4.78 is 17.1. The molecule has 0 saturated heterocycles. The standard InChI is InChI=1S/C27H24ClNO4/c1-4-31-24-15-20(13-22(28)25(24)32-16-19-10-8-17(2)9-11-19)14-23-27(30)33-26(29-23)21-7-5-6-18(3)12-21/h5-15H,4,16H2,1-3H3. The lowest BCUT2D eigenvalue weighted by Gasteiger charge is -2.14. The number of nitrogens with zero attached hydrogens (tertiary/aromatic N) is 1. The molecule has 0 aromatic heterocycles. The highest BCUT2D eigenvalue weighted by molar-refractivity contribution is 6.32. The third-order valence-electron chi connectivity index (χ3n) is 5.02. The van der Waals surface area contributed by atoms with Gasteiger partial charge in [0, 0.05) is 5.56 Å². The van der Waals surface area contributed by atoms with Crippen LogP contribution in [0.2, 0.25) is 5.02 Å². The van der Waals surface area contributed by atoms with E-state index in [0.717, 1.165) is 16.7 Å². The Morgan fingerprint density at radius 3 is 2.52 bits per heavy atom. The highest BCUT2D eigenvalue weighted by atomic mass is 35.5. The van der Waals surface area contributed by atoms with Gasteiger partial charge in [0.25, 0.3) is 0 Å². The molecule has 3 aromatic rings. The summed E-state index contributed by atoms with van der Waals surface area (Å²) in [6, 6.07) is 19.2. The molecular weight excluding hydrogens is 438 g/mol. The van der Waals surface area contributed by atoms with Gasteiger partial charge in [-0.2, -0.15) is 0 Å². The van der Waals surface area contributed by atoms with Crippen LogP contribution < -0.4 is 9.47 Å². The van der Waals surface area contributed by atoms with Gasteiger partial charge in [0.05, 0.1) is 11.6 Å². The van der Waals surface area contributed by atoms with Crippen LogP contribution in [-0.2, 0) is 16.1 Å². The van der Waals surface area contributed by atoms with E-state index in [4.69, 9.17) is 25.8 Å². The number of rotatable bonds is 7. The van der Waals surface area contributed by atoms with Gasteiger partial charge in [-0.25, -0.2) is 9.79 Å². The molecule has 1 aliphatic heterocycles. The number of esters is 1. The molecule has 1 heterocycles. The zero-order valence-electron chi connectivity index (χ0n) is 18.7. The van der Waals surface area contributed by atoms with Crippen LogP contribution in [0.5, 0.6) is 11.5 Å². The van der Waals surface area contributed by atoms with Crippen LogP contribution in [-0.4, -0.2) is 18.5 Å². The Labute approximate surface area is 198 Å². The molecule has 33 heavy (non-hydrogen) atoms. The number of benzene rings is 3. The third kappa shape index (κ3) is 5.44. The van der Waals surface area contributed by atoms with E-state index >= 15 is 0 Å². The van der Waals surface area contributed by atoms with Crippen LogP contribution in [0.15, 0.2) is 71.4 Å². The summed E-state index contributed by atoms with van der Waals surface area (Å²) in [7, 11) is 0. The molecule has 5 nitrogen and oxygen atoms in total. The molecule has 0 atom stereocenters. The maximum Gasteiger partial charge on any atom is 0.363 e. The van der Waals surface area contributed by atoms with Crippen molar-refractivity contribution in [3.8, 4) is 11.5 Å². The highest BCUT2D eigenvalue weighted by Crippen LogP contribution is 2.38. The number of hydrogen-bond acceptors (Lipinski definition) is 5. The average Bonchev–Trinajstić information content (AvgIpc) is 3.15. The summed E-state index contributed by atoms with van der Waals surface area (Å²) in [6.45, 7) is 6.69. The largest absolute Gasteiger partial charge is 0.490 e. The zero-order chi connectivity index (χ0) is 23.4. The van der Waals surface area contributed by atoms with Crippen molar-refractivity contribution in [3.63, 3.8) is 0 Å². The van der Waals surface area contributed by atoms with E-state index in [9.17, 15) is 4.79 Å². The Kier molecular flexibility index (Phi) is 6.80. The number of cyclic esters (lactones) is 1. The van der Waals surface area contributed by atoms with Crippen LogP contribution in [0.25, 0.3) is 6.08 Å². The zero-order valence-corrected chi connectivity index (χ0v) is 19.5. The van der Waals surface area contributed by atoms with Crippen molar-refractivity contribution in [1.29, 1.82) is 0 Å². The number of aryl methyl sites for hydroxylation is 2. The second-order valence-electron chi connectivity index (χ2n) is 7.74. The number of hydrogen-bond donors (Lipinski definition) is 0. The van der Waals surface area contributed by atoms with E-state index in [1.807, 2.05) is 69.3 Å². The van der Waals surface area contributed by atoms with Gasteiger partial charge in [0.15, 0.2) is 17.2 Å². The average molecular weight is 462 g/mol. The SMILES string of the molecule is CCOc1cc(C=C2N=C(c3cccc(C)c3)OC2=O)cc(Cl)c1OCc1ccc(C)cc1. The van der Waals surface area contributed by atoms with Crippen molar-refractivity contribution in [2.24, 2.45) is 4.99 Å². The Bertz CT molecular complexity index is 1250. The monoisotopic (exact) mass is 461 g/mol. The minimum Gasteiger partial charge on any atom is -0.490 e. The first-order valence-electron chi connectivity index (χ1n) is 10.7. The Morgan fingerprint density at radius 2 is 1.79 bits per heavy atom. The molecule has 0 unspecified atom stereocenters. The van der Waals surface area contributed by atoms with Crippen molar-refractivity contribution in [1.82, 2.24) is 0 Å². The van der Waals surface area contributed by atoms with Crippen LogP contribution in [0.3, 0.4) is 0 Å². The van der Waals surface area contributed by atoms with E-state index in [1.165, 1.54) is 5.56 Å². The molecule has 6 heteroatoms. The van der Waals surface area contributed by atoms with Gasteiger partial charge in [0.1, 0.15) is 6.61 Å². The lowest BCUT2D eigenvalue weighted by molar-refractivity contribution is -0.129. The number of aliphatic imine (C=N–C) groups is 1. The topological polar surface area (TPSA) is 57.1 Å². The van der Waals surface area contributed by atoms with Crippen LogP contribution in [0, 0.1) is 13.8 Å². The molecule has 0 aliphatic carbocycles. The summed E-state index contributed by atoms with van der Waals surface area (Å²) in [5, 5.41) is 0.383. The Hall–Kier alpha value is -3.57. The molecule has 3 aromatic carbocycles. The summed E-state index contributed by atoms with van der Waals surface area (Å²) in [5.41, 5.74) is 4.86. The van der Waals surface area contributed by atoms with Gasteiger partial charge in [-0.1, -0.05) is 59.1 Å². The van der Waals surface area contributed by atoms with Crippen LogP contribution >= 0.6 is 11.6 Å². The van der Waals surface area contributed by atoms with Crippen molar-refractivity contribution < 1.29 is 19.0 Å². The highest BCUT2D eigenvalue weighted by Gasteiger charge is 2.24. The lowest BCUT2D eigenvalue weighted by atomic mass is 10.1. The molecule has 0 saturated carbocycles. The molecule has 0 radical (unpaired) electrons. The normalized spacial score (nSPS) is 14.2. The molecule has 1 aliphatic rings. The second-order valence-corrected chi connectivity index (χ2v) is 8.15. The van der Waals surface area contributed by atoms with Crippen molar-refractivity contribution in [2.45, 2.75) is 27.4 Å². The van der Waals surface area contributed by atoms with Gasteiger partial charge in [0.2, 0.25) is 5.90 Å². The maximum atomic E-state index is 12.4. The number of carbonyl (C=O) groups is 1. The van der Waals surface area contributed by atoms with Gasteiger partial charge in [-0.05, 0) is 62.2 Å².